The van der Waals surface area contributed by atoms with Crippen molar-refractivity contribution in [2.24, 2.45) is 0 Å². The Morgan fingerprint density at radius 2 is 1.67 bits per heavy atom. The van der Waals surface area contributed by atoms with Gasteiger partial charge in [-0.25, -0.2) is 18.2 Å². The average Bonchev–Trinajstić information content (AvgIpc) is 2.66. The summed E-state index contributed by atoms with van der Waals surface area (Å²) >= 11 is 0. The molecule has 0 spiro atoms. The molecular weight excluding hydrogens is 355 g/mol. The van der Waals surface area contributed by atoms with Gasteiger partial charge in [-0.3, -0.25) is 4.79 Å². The minimum atomic E-state index is -0.859. The van der Waals surface area contributed by atoms with Gasteiger partial charge in [0, 0.05) is 12.6 Å². The molecular formula is C20H16F3N3O. The molecule has 2 aromatic carbocycles. The number of carbonyl (C=O) groups excluding carboxylic acids is 1. The first-order valence-corrected chi connectivity index (χ1v) is 8.22. The fraction of sp³-hybridized carbons (Fsp3) is 0.100. The predicted octanol–water partition coefficient (Wildman–Crippen LogP) is 4.41. The van der Waals surface area contributed by atoms with E-state index in [1.54, 1.807) is 18.2 Å². The molecule has 1 heterocycles. The van der Waals surface area contributed by atoms with Crippen molar-refractivity contribution in [3.8, 4) is 0 Å². The largest absolute Gasteiger partial charge is 0.383 e. The molecule has 138 valence electrons. The van der Waals surface area contributed by atoms with Crippen LogP contribution in [-0.4, -0.2) is 17.4 Å². The van der Waals surface area contributed by atoms with E-state index >= 15 is 0 Å². The zero-order valence-electron chi connectivity index (χ0n) is 14.2. The highest BCUT2D eigenvalue weighted by atomic mass is 19.1. The van der Waals surface area contributed by atoms with Crippen LogP contribution in [0.4, 0.5) is 24.5 Å². The Morgan fingerprint density at radius 1 is 0.926 bits per heavy atom. The first-order valence-electron chi connectivity index (χ1n) is 8.22. The van der Waals surface area contributed by atoms with Gasteiger partial charge in [0.25, 0.3) is 5.91 Å². The van der Waals surface area contributed by atoms with Crippen LogP contribution in [0.2, 0.25) is 0 Å². The number of carbonyl (C=O) groups is 1. The van der Waals surface area contributed by atoms with Gasteiger partial charge in [0.05, 0.1) is 17.6 Å². The fourth-order valence-electron chi connectivity index (χ4n) is 2.41. The van der Waals surface area contributed by atoms with E-state index < -0.39 is 17.5 Å². The molecule has 7 heteroatoms. The highest BCUT2D eigenvalue weighted by Gasteiger charge is 2.11. The Labute approximate surface area is 154 Å². The number of nitrogens with one attached hydrogen (secondary N) is 2. The number of halogens is 3. The summed E-state index contributed by atoms with van der Waals surface area (Å²) in [6.45, 7) is 0.611. The lowest BCUT2D eigenvalue weighted by molar-refractivity contribution is 0.102. The van der Waals surface area contributed by atoms with Crippen LogP contribution in [0.5, 0.6) is 0 Å². The first-order chi connectivity index (χ1) is 13.0. The Bertz CT molecular complexity index is 928. The van der Waals surface area contributed by atoms with Gasteiger partial charge in [0.2, 0.25) is 0 Å². The predicted molar refractivity (Wildman–Crippen MR) is 97.1 cm³/mol. The van der Waals surface area contributed by atoms with Gasteiger partial charge in [-0.2, -0.15) is 0 Å². The highest BCUT2D eigenvalue weighted by Crippen LogP contribution is 2.16. The standard InChI is InChI=1S/C20H16F3N3O/c21-14-3-1-13(2-4-14)9-10-24-16-6-8-19(25-12-16)20(27)26-18-7-5-15(22)11-17(18)23/h1-8,11-12,24H,9-10H2,(H,26,27). The smallest absolute Gasteiger partial charge is 0.274 e. The summed E-state index contributed by atoms with van der Waals surface area (Å²) in [6.07, 6.45) is 2.19. The van der Waals surface area contributed by atoms with Crippen LogP contribution in [0.1, 0.15) is 16.1 Å². The van der Waals surface area contributed by atoms with Crippen LogP contribution in [0.3, 0.4) is 0 Å². The summed E-state index contributed by atoms with van der Waals surface area (Å²) < 4.78 is 39.3. The van der Waals surface area contributed by atoms with Gasteiger partial charge in [-0.05, 0) is 48.4 Å². The lowest BCUT2D eigenvalue weighted by Crippen LogP contribution is -2.15. The van der Waals surface area contributed by atoms with E-state index in [0.717, 1.165) is 17.7 Å². The topological polar surface area (TPSA) is 54.0 Å². The number of rotatable bonds is 6. The Balaban J connectivity index is 1.54. The molecule has 0 unspecified atom stereocenters. The maximum absolute atomic E-state index is 13.6. The SMILES string of the molecule is O=C(Nc1ccc(F)cc1F)c1ccc(NCCc2ccc(F)cc2)cn1. The third-order valence-electron chi connectivity index (χ3n) is 3.83. The molecule has 4 nitrogen and oxygen atoms in total. The van der Waals surface area contributed by atoms with Gasteiger partial charge in [-0.15, -0.1) is 0 Å². The normalized spacial score (nSPS) is 10.5. The molecule has 0 bridgehead atoms. The van der Waals surface area contributed by atoms with Crippen LogP contribution >= 0.6 is 0 Å². The van der Waals surface area contributed by atoms with Gasteiger partial charge in [0.1, 0.15) is 23.1 Å². The number of hydrogen-bond acceptors (Lipinski definition) is 3. The molecule has 0 aliphatic heterocycles. The van der Waals surface area contributed by atoms with Crippen molar-refractivity contribution in [1.29, 1.82) is 0 Å². The summed E-state index contributed by atoms with van der Waals surface area (Å²) in [5, 5.41) is 5.50. The van der Waals surface area contributed by atoms with Crippen LogP contribution in [0, 0.1) is 17.5 Å². The third-order valence-corrected chi connectivity index (χ3v) is 3.83. The second kappa shape index (κ2) is 8.35. The molecule has 0 saturated carbocycles. The number of anilines is 2. The molecule has 0 saturated heterocycles. The van der Waals surface area contributed by atoms with Gasteiger partial charge in [0.15, 0.2) is 0 Å². The number of hydrogen-bond donors (Lipinski definition) is 2. The molecule has 27 heavy (non-hydrogen) atoms. The molecule has 3 aromatic rings. The van der Waals surface area contributed by atoms with Gasteiger partial charge < -0.3 is 10.6 Å². The Kier molecular flexibility index (Phi) is 5.71. The average molecular weight is 371 g/mol. The molecule has 0 atom stereocenters. The number of pyridine rings is 1. The summed E-state index contributed by atoms with van der Waals surface area (Å²) in [7, 11) is 0. The van der Waals surface area contributed by atoms with E-state index in [4.69, 9.17) is 0 Å². The Morgan fingerprint density at radius 3 is 2.33 bits per heavy atom. The minimum Gasteiger partial charge on any atom is -0.383 e. The molecule has 2 N–H and O–H groups in total. The van der Waals surface area contributed by atoms with Crippen molar-refractivity contribution < 1.29 is 18.0 Å². The Hall–Kier alpha value is -3.35. The maximum Gasteiger partial charge on any atom is 0.274 e. The fourth-order valence-corrected chi connectivity index (χ4v) is 2.41. The summed E-state index contributed by atoms with van der Waals surface area (Å²) in [6, 6.07) is 12.3. The quantitative estimate of drug-likeness (QED) is 0.675. The molecule has 1 aromatic heterocycles. The van der Waals surface area contributed by atoms with E-state index in [9.17, 15) is 18.0 Å². The highest BCUT2D eigenvalue weighted by molar-refractivity contribution is 6.03. The van der Waals surface area contributed by atoms with Crippen molar-refractivity contribution >= 4 is 17.3 Å². The molecule has 0 aliphatic rings. The number of nitrogens with zero attached hydrogens (tertiary/aromatic N) is 1. The zero-order valence-corrected chi connectivity index (χ0v) is 14.2. The van der Waals surface area contributed by atoms with Crippen LogP contribution in [0.25, 0.3) is 0 Å². The van der Waals surface area contributed by atoms with E-state index in [1.807, 2.05) is 0 Å². The second-order valence-corrected chi connectivity index (χ2v) is 5.81. The maximum atomic E-state index is 13.6. The van der Waals surface area contributed by atoms with Crippen LogP contribution in [0.15, 0.2) is 60.8 Å². The van der Waals surface area contributed by atoms with Crippen molar-refractivity contribution in [2.45, 2.75) is 6.42 Å². The van der Waals surface area contributed by atoms with Crippen LogP contribution in [-0.2, 0) is 6.42 Å². The number of amides is 1. The molecule has 0 fully saturated rings. The van der Waals surface area contributed by atoms with Crippen LogP contribution < -0.4 is 10.6 Å². The van der Waals surface area contributed by atoms with E-state index in [1.165, 1.54) is 24.4 Å². The van der Waals surface area contributed by atoms with Gasteiger partial charge >= 0.3 is 0 Å². The van der Waals surface area contributed by atoms with Gasteiger partial charge in [-0.1, -0.05) is 12.1 Å². The summed E-state index contributed by atoms with van der Waals surface area (Å²) in [4.78, 5) is 16.1. The van der Waals surface area contributed by atoms with Crippen molar-refractivity contribution in [3.05, 3.63) is 89.5 Å². The zero-order chi connectivity index (χ0) is 19.2. The molecule has 0 radical (unpaired) electrons. The number of aromatic nitrogens is 1. The monoisotopic (exact) mass is 371 g/mol. The van der Waals surface area contributed by atoms with Crippen molar-refractivity contribution in [1.82, 2.24) is 4.98 Å². The lowest BCUT2D eigenvalue weighted by Gasteiger charge is -2.08. The first kappa shape index (κ1) is 18.4. The minimum absolute atomic E-state index is 0.0998. The van der Waals surface area contributed by atoms with E-state index in [0.29, 0.717) is 24.7 Å². The second-order valence-electron chi connectivity index (χ2n) is 5.81. The molecule has 1 amide bonds. The summed E-state index contributed by atoms with van der Waals surface area (Å²) in [5.74, 6) is -2.45. The third kappa shape index (κ3) is 5.07. The molecule has 3 rings (SSSR count). The van der Waals surface area contributed by atoms with Crippen molar-refractivity contribution in [2.75, 3.05) is 17.2 Å². The summed E-state index contributed by atoms with van der Waals surface area (Å²) in [5.41, 5.74) is 1.68. The lowest BCUT2D eigenvalue weighted by atomic mass is 10.1. The van der Waals surface area contributed by atoms with E-state index in [2.05, 4.69) is 15.6 Å². The number of benzene rings is 2. The van der Waals surface area contributed by atoms with E-state index in [-0.39, 0.29) is 17.2 Å². The van der Waals surface area contributed by atoms with Crippen molar-refractivity contribution in [3.63, 3.8) is 0 Å². The molecule has 0 aliphatic carbocycles.